The topological polar surface area (TPSA) is 74.6 Å². The Morgan fingerprint density at radius 3 is 1.42 bits per heavy atom. The molecule has 1 aliphatic rings. The van der Waals surface area contributed by atoms with E-state index >= 15 is 0 Å². The third-order valence-corrected chi connectivity index (χ3v) is 6.57. The van der Waals surface area contributed by atoms with Crippen molar-refractivity contribution in [2.24, 2.45) is 0 Å². The van der Waals surface area contributed by atoms with Crippen molar-refractivity contribution in [1.29, 1.82) is 0 Å². The Bertz CT molecular complexity index is 1340. The second kappa shape index (κ2) is 7.45. The molecule has 4 aromatic carbocycles. The van der Waals surface area contributed by atoms with Gasteiger partial charge in [0.25, 0.3) is 0 Å². The molecule has 2 N–H and O–H groups in total. The van der Waals surface area contributed by atoms with E-state index in [9.17, 15) is 19.8 Å². The molecule has 0 amide bonds. The van der Waals surface area contributed by atoms with E-state index in [1.807, 2.05) is 48.5 Å². The highest BCUT2D eigenvalue weighted by Crippen LogP contribution is 2.52. The molecule has 4 nitrogen and oxygen atoms in total. The Morgan fingerprint density at radius 2 is 1.00 bits per heavy atom. The number of phenols is 2. The lowest BCUT2D eigenvalue weighted by Crippen LogP contribution is -2.44. The minimum Gasteiger partial charge on any atom is -0.508 e. The van der Waals surface area contributed by atoms with Crippen LogP contribution in [0.25, 0.3) is 11.1 Å². The first-order valence-corrected chi connectivity index (χ1v) is 10.7. The number of carbonyl (C=O) groups excluding carboxylic acids is 2. The van der Waals surface area contributed by atoms with E-state index < -0.39 is 17.0 Å². The van der Waals surface area contributed by atoms with Crippen molar-refractivity contribution in [3.05, 3.63) is 118 Å². The molecule has 0 aromatic heterocycles. The van der Waals surface area contributed by atoms with Crippen LogP contribution >= 0.6 is 0 Å². The molecule has 4 aromatic rings. The third kappa shape index (κ3) is 2.91. The van der Waals surface area contributed by atoms with Crippen LogP contribution < -0.4 is 0 Å². The first-order chi connectivity index (χ1) is 15.9. The van der Waals surface area contributed by atoms with E-state index in [0.29, 0.717) is 22.3 Å². The maximum atomic E-state index is 14.5. The molecule has 0 atom stereocenters. The van der Waals surface area contributed by atoms with Crippen molar-refractivity contribution in [3.63, 3.8) is 0 Å². The smallest absolute Gasteiger partial charge is 0.186 e. The Hall–Kier alpha value is -4.18. The predicted molar refractivity (Wildman–Crippen MR) is 127 cm³/mol. The second-order valence-corrected chi connectivity index (χ2v) is 8.50. The molecule has 0 heterocycles. The van der Waals surface area contributed by atoms with E-state index in [4.69, 9.17) is 0 Å². The largest absolute Gasteiger partial charge is 0.508 e. The quantitative estimate of drug-likeness (QED) is 0.317. The number of carbonyl (C=O) groups is 2. The molecule has 5 rings (SSSR count). The van der Waals surface area contributed by atoms with Crippen LogP contribution in [0.1, 0.15) is 43.0 Å². The lowest BCUT2D eigenvalue weighted by atomic mass is 9.67. The van der Waals surface area contributed by atoms with Crippen molar-refractivity contribution in [2.75, 3.05) is 0 Å². The second-order valence-electron chi connectivity index (χ2n) is 8.50. The molecule has 0 bridgehead atoms. The molecule has 162 valence electrons. The molecule has 0 radical (unpaired) electrons. The monoisotopic (exact) mass is 434 g/mol. The van der Waals surface area contributed by atoms with E-state index in [0.717, 1.165) is 11.1 Å². The summed E-state index contributed by atoms with van der Waals surface area (Å²) in [7, 11) is 0. The number of phenolic OH excluding ortho intramolecular Hbond substituents is 2. The molecule has 33 heavy (non-hydrogen) atoms. The zero-order valence-electron chi connectivity index (χ0n) is 18.3. The van der Waals surface area contributed by atoms with Gasteiger partial charge in [-0.15, -0.1) is 0 Å². The van der Waals surface area contributed by atoms with Gasteiger partial charge in [-0.1, -0.05) is 60.7 Å². The molecule has 0 saturated heterocycles. The predicted octanol–water partition coefficient (Wildman–Crippen LogP) is 5.75. The minimum atomic E-state index is -1.65. The first kappa shape index (κ1) is 20.7. The Kier molecular flexibility index (Phi) is 4.68. The Balaban J connectivity index is 1.91. The van der Waals surface area contributed by atoms with Gasteiger partial charge in [0.1, 0.15) is 16.9 Å². The van der Waals surface area contributed by atoms with Gasteiger partial charge in [-0.2, -0.15) is 0 Å². The fourth-order valence-corrected chi connectivity index (χ4v) is 4.94. The summed E-state index contributed by atoms with van der Waals surface area (Å²) in [5.74, 6) is -0.888. The van der Waals surface area contributed by atoms with Crippen LogP contribution in [0.5, 0.6) is 11.5 Å². The summed E-state index contributed by atoms with van der Waals surface area (Å²) in [6.07, 6.45) is 0. The highest BCUT2D eigenvalue weighted by molar-refractivity contribution is 6.30. The number of Topliss-reactive ketones (excluding diaryl/α,β-unsaturated/α-hetero) is 2. The van der Waals surface area contributed by atoms with Crippen molar-refractivity contribution in [3.8, 4) is 22.6 Å². The number of aryl methyl sites for hydroxylation is 2. The van der Waals surface area contributed by atoms with E-state index in [-0.39, 0.29) is 22.6 Å². The zero-order chi connectivity index (χ0) is 23.3. The van der Waals surface area contributed by atoms with Gasteiger partial charge in [-0.25, -0.2) is 0 Å². The van der Waals surface area contributed by atoms with Gasteiger partial charge in [0.05, 0.1) is 0 Å². The third-order valence-electron chi connectivity index (χ3n) is 6.57. The van der Waals surface area contributed by atoms with Gasteiger partial charge < -0.3 is 10.2 Å². The molecule has 0 aliphatic heterocycles. The standard InChI is InChI=1S/C29H22O4/c1-17-11-13-19(30)15-23(17)27(32)29(28(33)24-16-20(31)14-12-18(24)2)25-9-5-3-7-21(25)22-8-4-6-10-26(22)29/h3-16,30-31H,1-2H3. The average Bonchev–Trinajstić information content (AvgIpc) is 3.13. The van der Waals surface area contributed by atoms with Crippen LogP contribution in [-0.2, 0) is 5.41 Å². The first-order valence-electron chi connectivity index (χ1n) is 10.7. The molecular weight excluding hydrogens is 412 g/mol. The number of aromatic hydroxyl groups is 2. The summed E-state index contributed by atoms with van der Waals surface area (Å²) < 4.78 is 0. The Morgan fingerprint density at radius 1 is 0.606 bits per heavy atom. The lowest BCUT2D eigenvalue weighted by molar-refractivity contribution is 0.0799. The van der Waals surface area contributed by atoms with E-state index in [1.165, 1.54) is 24.3 Å². The molecule has 4 heteroatoms. The molecule has 1 aliphatic carbocycles. The number of rotatable bonds is 4. The van der Waals surface area contributed by atoms with Crippen LogP contribution in [0, 0.1) is 13.8 Å². The van der Waals surface area contributed by atoms with Gasteiger partial charge in [0.2, 0.25) is 0 Å². The van der Waals surface area contributed by atoms with Gasteiger partial charge in [0.15, 0.2) is 11.6 Å². The van der Waals surface area contributed by atoms with Gasteiger partial charge in [0, 0.05) is 11.1 Å². The SMILES string of the molecule is Cc1ccc(O)cc1C(=O)C1(C(=O)c2cc(O)ccc2C)c2ccccc2-c2ccccc21. The summed E-state index contributed by atoms with van der Waals surface area (Å²) in [4.78, 5) is 29.0. The summed E-state index contributed by atoms with van der Waals surface area (Å²) in [6.45, 7) is 3.58. The lowest BCUT2D eigenvalue weighted by Gasteiger charge is -2.30. The molecule has 0 saturated carbocycles. The average molecular weight is 434 g/mol. The minimum absolute atomic E-state index is 0.0420. The molecule has 0 spiro atoms. The van der Waals surface area contributed by atoms with Gasteiger partial charge in [-0.3, -0.25) is 9.59 Å². The van der Waals surface area contributed by atoms with Crippen molar-refractivity contribution < 1.29 is 19.8 Å². The number of ketones is 2. The maximum absolute atomic E-state index is 14.5. The molecule has 0 unspecified atom stereocenters. The zero-order valence-corrected chi connectivity index (χ0v) is 18.3. The van der Waals surface area contributed by atoms with Crippen molar-refractivity contribution in [1.82, 2.24) is 0 Å². The summed E-state index contributed by atoms with van der Waals surface area (Å²) in [5.41, 5.74) is 3.11. The fraction of sp³-hybridized carbons (Fsp3) is 0.103. The molecular formula is C29H22O4. The highest BCUT2D eigenvalue weighted by Gasteiger charge is 2.55. The fourth-order valence-electron chi connectivity index (χ4n) is 4.94. The summed E-state index contributed by atoms with van der Waals surface area (Å²) >= 11 is 0. The van der Waals surface area contributed by atoms with Crippen LogP contribution in [0.3, 0.4) is 0 Å². The maximum Gasteiger partial charge on any atom is 0.186 e. The normalized spacial score (nSPS) is 13.3. The molecule has 0 fully saturated rings. The van der Waals surface area contributed by atoms with Gasteiger partial charge in [-0.05, 0) is 71.5 Å². The number of hydrogen-bond donors (Lipinski definition) is 2. The summed E-state index contributed by atoms with van der Waals surface area (Å²) in [6, 6.07) is 24.1. The summed E-state index contributed by atoms with van der Waals surface area (Å²) in [5, 5.41) is 20.3. The van der Waals surface area contributed by atoms with Crippen LogP contribution in [-0.4, -0.2) is 21.8 Å². The number of fused-ring (bicyclic) bond motifs is 3. The van der Waals surface area contributed by atoms with E-state index in [2.05, 4.69) is 0 Å². The number of benzene rings is 4. The number of hydrogen-bond acceptors (Lipinski definition) is 4. The van der Waals surface area contributed by atoms with Crippen LogP contribution in [0.2, 0.25) is 0 Å². The van der Waals surface area contributed by atoms with Crippen LogP contribution in [0.4, 0.5) is 0 Å². The van der Waals surface area contributed by atoms with Gasteiger partial charge >= 0.3 is 0 Å². The Labute approximate surface area is 191 Å². The van der Waals surface area contributed by atoms with Crippen molar-refractivity contribution in [2.45, 2.75) is 19.3 Å². The van der Waals surface area contributed by atoms with Crippen LogP contribution in [0.15, 0.2) is 84.9 Å². The highest BCUT2D eigenvalue weighted by atomic mass is 16.3. The van der Waals surface area contributed by atoms with E-state index in [1.54, 1.807) is 26.0 Å². The van der Waals surface area contributed by atoms with Crippen molar-refractivity contribution >= 4 is 11.6 Å².